The second-order valence-electron chi connectivity index (χ2n) is 6.93. The Hall–Kier alpha value is -1.71. The summed E-state index contributed by atoms with van der Waals surface area (Å²) in [5.74, 6) is 1.12. The first-order valence-corrected chi connectivity index (χ1v) is 7.40. The largest absolute Gasteiger partial charge is 0.495 e. The highest BCUT2D eigenvalue weighted by Gasteiger charge is 2.17. The van der Waals surface area contributed by atoms with Gasteiger partial charge in [0, 0.05) is 13.0 Å². The highest BCUT2D eigenvalue weighted by Crippen LogP contribution is 2.26. The molecule has 0 fully saturated rings. The molecule has 3 N–H and O–H groups in total. The molecule has 4 heteroatoms. The summed E-state index contributed by atoms with van der Waals surface area (Å²) in [4.78, 5) is 12.0. The molecule has 0 bridgehead atoms. The lowest BCUT2D eigenvalue weighted by Gasteiger charge is -2.22. The first kappa shape index (κ1) is 17.3. The molecule has 0 saturated carbocycles. The van der Waals surface area contributed by atoms with Gasteiger partial charge in [-0.1, -0.05) is 33.8 Å². The first-order chi connectivity index (χ1) is 9.71. The Labute approximate surface area is 128 Å². The van der Waals surface area contributed by atoms with Crippen LogP contribution in [0.3, 0.4) is 0 Å². The van der Waals surface area contributed by atoms with E-state index in [0.717, 1.165) is 12.0 Å². The van der Waals surface area contributed by atoms with Crippen LogP contribution in [-0.4, -0.2) is 13.0 Å². The van der Waals surface area contributed by atoms with E-state index in [9.17, 15) is 4.79 Å². The number of nitrogens with one attached hydrogen (secondary N) is 1. The van der Waals surface area contributed by atoms with Gasteiger partial charge in [0.05, 0.1) is 12.8 Å². The van der Waals surface area contributed by atoms with E-state index in [1.807, 2.05) is 18.2 Å². The lowest BCUT2D eigenvalue weighted by Crippen LogP contribution is -2.25. The summed E-state index contributed by atoms with van der Waals surface area (Å²) in [6.07, 6.45) is 1.60. The third kappa shape index (κ3) is 6.52. The molecule has 0 aliphatic carbocycles. The Bertz CT molecular complexity index is 478. The molecule has 1 unspecified atom stereocenters. The van der Waals surface area contributed by atoms with Gasteiger partial charge in [0.15, 0.2) is 0 Å². The number of amides is 1. The van der Waals surface area contributed by atoms with Crippen molar-refractivity contribution in [2.24, 2.45) is 11.3 Å². The van der Waals surface area contributed by atoms with Crippen molar-refractivity contribution in [3.05, 3.63) is 23.8 Å². The molecule has 0 saturated heterocycles. The average molecular weight is 292 g/mol. The Morgan fingerprint density at radius 2 is 2.05 bits per heavy atom. The van der Waals surface area contributed by atoms with Crippen molar-refractivity contribution in [1.29, 1.82) is 0 Å². The summed E-state index contributed by atoms with van der Waals surface area (Å²) in [6.45, 7) is 9.20. The number of anilines is 1. The lowest BCUT2D eigenvalue weighted by molar-refractivity contribution is -0.122. The highest BCUT2D eigenvalue weighted by atomic mass is 16.5. The fourth-order valence-corrected chi connectivity index (χ4v) is 2.60. The smallest absolute Gasteiger partial charge is 0.220 e. The predicted molar refractivity (Wildman–Crippen MR) is 87.1 cm³/mol. The number of hydrogen-bond acceptors (Lipinski definition) is 3. The van der Waals surface area contributed by atoms with Crippen LogP contribution in [0.5, 0.6) is 5.75 Å². The number of ether oxygens (including phenoxy) is 1. The van der Waals surface area contributed by atoms with Crippen molar-refractivity contribution < 1.29 is 9.53 Å². The molecule has 0 radical (unpaired) electrons. The molecule has 0 aromatic heterocycles. The van der Waals surface area contributed by atoms with Crippen molar-refractivity contribution in [1.82, 2.24) is 5.32 Å². The Morgan fingerprint density at radius 1 is 1.38 bits per heavy atom. The number of nitrogen functional groups attached to an aromatic ring is 1. The van der Waals surface area contributed by atoms with Gasteiger partial charge in [-0.2, -0.15) is 0 Å². The van der Waals surface area contributed by atoms with Crippen LogP contribution in [0.2, 0.25) is 0 Å². The van der Waals surface area contributed by atoms with Crippen LogP contribution in [0.1, 0.15) is 46.1 Å². The normalized spacial score (nSPS) is 12.8. The van der Waals surface area contributed by atoms with Gasteiger partial charge >= 0.3 is 0 Å². The number of benzene rings is 1. The van der Waals surface area contributed by atoms with Crippen LogP contribution in [0.4, 0.5) is 5.69 Å². The molecule has 1 amide bonds. The third-order valence-corrected chi connectivity index (χ3v) is 3.28. The second kappa shape index (κ2) is 7.34. The third-order valence-electron chi connectivity index (χ3n) is 3.28. The van der Waals surface area contributed by atoms with Crippen LogP contribution in [0.25, 0.3) is 0 Å². The molecule has 0 spiro atoms. The number of carbonyl (C=O) groups is 1. The van der Waals surface area contributed by atoms with Gasteiger partial charge in [-0.25, -0.2) is 0 Å². The molecule has 118 valence electrons. The predicted octanol–water partition coefficient (Wildman–Crippen LogP) is 3.36. The maximum absolute atomic E-state index is 12.0. The Balaban J connectivity index is 2.44. The lowest BCUT2D eigenvalue weighted by atomic mass is 9.84. The zero-order valence-corrected chi connectivity index (χ0v) is 13.8. The van der Waals surface area contributed by atoms with Crippen molar-refractivity contribution >= 4 is 11.6 Å². The summed E-state index contributed by atoms with van der Waals surface area (Å²) in [5.41, 5.74) is 7.67. The molecular formula is C17H28N2O2. The highest BCUT2D eigenvalue weighted by molar-refractivity contribution is 5.76. The maximum atomic E-state index is 12.0. The standard InChI is InChI=1S/C17H28N2O2/c1-12(10-17(2,3)4)8-16(20)19-11-13-6-7-15(21-5)14(18)9-13/h6-7,9,12H,8,10-11,18H2,1-5H3,(H,19,20). The van der Waals surface area contributed by atoms with E-state index >= 15 is 0 Å². The van der Waals surface area contributed by atoms with Gasteiger partial charge in [-0.05, 0) is 35.4 Å². The maximum Gasteiger partial charge on any atom is 0.220 e. The summed E-state index contributed by atoms with van der Waals surface area (Å²) >= 11 is 0. The number of methoxy groups -OCH3 is 1. The minimum Gasteiger partial charge on any atom is -0.495 e. The minimum atomic E-state index is 0.0844. The fourth-order valence-electron chi connectivity index (χ4n) is 2.60. The number of hydrogen-bond donors (Lipinski definition) is 2. The van der Waals surface area contributed by atoms with E-state index in [1.165, 1.54) is 0 Å². The molecule has 1 rings (SSSR count). The van der Waals surface area contributed by atoms with E-state index in [2.05, 4.69) is 33.0 Å². The molecule has 0 aliphatic rings. The van der Waals surface area contributed by atoms with Crippen LogP contribution in [0, 0.1) is 11.3 Å². The molecule has 1 aromatic carbocycles. The molecule has 21 heavy (non-hydrogen) atoms. The van der Waals surface area contributed by atoms with Crippen molar-refractivity contribution in [2.45, 2.75) is 47.1 Å². The number of carbonyl (C=O) groups excluding carboxylic acids is 1. The van der Waals surface area contributed by atoms with Crippen LogP contribution < -0.4 is 15.8 Å². The SMILES string of the molecule is COc1ccc(CNC(=O)CC(C)CC(C)(C)C)cc1N. The van der Waals surface area contributed by atoms with Gasteiger partial charge in [0.2, 0.25) is 5.91 Å². The fraction of sp³-hybridized carbons (Fsp3) is 0.588. The zero-order chi connectivity index (χ0) is 16.0. The Kier molecular flexibility index (Phi) is 6.06. The quantitative estimate of drug-likeness (QED) is 0.790. The molecule has 1 atom stereocenters. The Morgan fingerprint density at radius 3 is 2.57 bits per heavy atom. The minimum absolute atomic E-state index is 0.0844. The number of rotatable bonds is 6. The summed E-state index contributed by atoms with van der Waals surface area (Å²) in [7, 11) is 1.59. The van der Waals surface area contributed by atoms with E-state index in [-0.39, 0.29) is 11.3 Å². The van der Waals surface area contributed by atoms with Crippen LogP contribution in [0.15, 0.2) is 18.2 Å². The monoisotopic (exact) mass is 292 g/mol. The molecule has 1 aromatic rings. The van der Waals surface area contributed by atoms with Crippen LogP contribution in [-0.2, 0) is 11.3 Å². The van der Waals surface area contributed by atoms with Gasteiger partial charge in [-0.15, -0.1) is 0 Å². The van der Waals surface area contributed by atoms with Crippen molar-refractivity contribution in [3.63, 3.8) is 0 Å². The van der Waals surface area contributed by atoms with Gasteiger partial charge < -0.3 is 15.8 Å². The van der Waals surface area contributed by atoms with Gasteiger partial charge in [-0.3, -0.25) is 4.79 Å². The zero-order valence-electron chi connectivity index (χ0n) is 13.8. The summed E-state index contributed by atoms with van der Waals surface area (Å²) in [5, 5.41) is 2.95. The summed E-state index contributed by atoms with van der Waals surface area (Å²) in [6, 6.07) is 5.56. The molecular weight excluding hydrogens is 264 g/mol. The van der Waals surface area contributed by atoms with Crippen molar-refractivity contribution in [2.75, 3.05) is 12.8 Å². The van der Waals surface area contributed by atoms with E-state index in [1.54, 1.807) is 7.11 Å². The average Bonchev–Trinajstić information content (AvgIpc) is 2.34. The van der Waals surface area contributed by atoms with Crippen molar-refractivity contribution in [3.8, 4) is 5.75 Å². The van der Waals surface area contributed by atoms with E-state index in [0.29, 0.717) is 30.3 Å². The first-order valence-electron chi connectivity index (χ1n) is 7.40. The topological polar surface area (TPSA) is 64.3 Å². The van der Waals surface area contributed by atoms with Gasteiger partial charge in [0.25, 0.3) is 0 Å². The molecule has 0 heterocycles. The summed E-state index contributed by atoms with van der Waals surface area (Å²) < 4.78 is 5.11. The van der Waals surface area contributed by atoms with E-state index < -0.39 is 0 Å². The van der Waals surface area contributed by atoms with Crippen LogP contribution >= 0.6 is 0 Å². The second-order valence-corrected chi connectivity index (χ2v) is 6.93. The molecule has 4 nitrogen and oxygen atoms in total. The molecule has 0 aliphatic heterocycles. The van der Waals surface area contributed by atoms with Gasteiger partial charge in [0.1, 0.15) is 5.75 Å². The van der Waals surface area contributed by atoms with E-state index in [4.69, 9.17) is 10.5 Å². The number of nitrogens with two attached hydrogens (primary N) is 1.